The molecule has 0 fully saturated rings. The molecule has 4 rings (SSSR count). The Morgan fingerprint density at radius 1 is 1.00 bits per heavy atom. The van der Waals surface area contributed by atoms with Crippen molar-refractivity contribution in [2.75, 3.05) is 0 Å². The molecule has 2 N–H and O–H groups in total. The zero-order valence-electron chi connectivity index (χ0n) is 18.2. The van der Waals surface area contributed by atoms with Crippen LogP contribution in [0.4, 0.5) is 13.2 Å². The number of aryl methyl sites for hydroxylation is 1. The number of fused-ring (bicyclic) bond motifs is 1. The van der Waals surface area contributed by atoms with E-state index in [4.69, 9.17) is 0 Å². The average Bonchev–Trinajstić information content (AvgIpc) is 3.25. The third-order valence-corrected chi connectivity index (χ3v) is 5.93. The van der Waals surface area contributed by atoms with Crippen LogP contribution in [0.2, 0.25) is 0 Å². The van der Waals surface area contributed by atoms with Gasteiger partial charge in [0.05, 0.1) is 5.56 Å². The van der Waals surface area contributed by atoms with Crippen molar-refractivity contribution in [1.82, 2.24) is 10.3 Å². The standard InChI is InChI=1S/C27H25F3N2O/c1-2-19-10-7-13-22-24(17-32-26(19)22)23(20-11-6-12-21(14-20)27(28,29)30)15-25(33)31-16-18-8-4-3-5-9-18/h3-14,17,23,32H,2,15-16H2,1H3,(H,31,33). The number of nitrogens with one attached hydrogen (secondary N) is 2. The lowest BCUT2D eigenvalue weighted by Gasteiger charge is -2.19. The van der Waals surface area contributed by atoms with Crippen LogP contribution in [-0.4, -0.2) is 10.9 Å². The van der Waals surface area contributed by atoms with E-state index in [1.165, 1.54) is 6.07 Å². The van der Waals surface area contributed by atoms with E-state index in [2.05, 4.69) is 17.2 Å². The van der Waals surface area contributed by atoms with Crippen molar-refractivity contribution in [2.45, 2.75) is 38.4 Å². The molecule has 0 bridgehead atoms. The Balaban J connectivity index is 1.70. The zero-order chi connectivity index (χ0) is 23.4. The second-order valence-electron chi connectivity index (χ2n) is 8.08. The predicted octanol–water partition coefficient (Wildman–Crippen LogP) is 6.59. The highest BCUT2D eigenvalue weighted by Gasteiger charge is 2.32. The molecule has 0 aliphatic rings. The Kier molecular flexibility index (Phi) is 6.54. The van der Waals surface area contributed by atoms with Crippen LogP contribution < -0.4 is 5.32 Å². The molecule has 0 saturated heterocycles. The maximum absolute atomic E-state index is 13.4. The van der Waals surface area contributed by atoms with Gasteiger partial charge < -0.3 is 10.3 Å². The number of aromatic nitrogens is 1. The van der Waals surface area contributed by atoms with Gasteiger partial charge in [-0.1, -0.05) is 73.7 Å². The predicted molar refractivity (Wildman–Crippen MR) is 124 cm³/mol. The molecule has 0 aliphatic heterocycles. The fraction of sp³-hybridized carbons (Fsp3) is 0.222. The highest BCUT2D eigenvalue weighted by atomic mass is 19.4. The van der Waals surface area contributed by atoms with E-state index >= 15 is 0 Å². The maximum Gasteiger partial charge on any atom is 0.416 e. The molecule has 0 saturated carbocycles. The quantitative estimate of drug-likeness (QED) is 0.328. The highest BCUT2D eigenvalue weighted by molar-refractivity contribution is 5.88. The third-order valence-electron chi connectivity index (χ3n) is 5.93. The number of benzene rings is 3. The minimum atomic E-state index is -4.45. The van der Waals surface area contributed by atoms with Crippen LogP contribution in [0.3, 0.4) is 0 Å². The molecule has 170 valence electrons. The first-order chi connectivity index (χ1) is 15.9. The van der Waals surface area contributed by atoms with E-state index in [-0.39, 0.29) is 12.3 Å². The Morgan fingerprint density at radius 2 is 1.76 bits per heavy atom. The van der Waals surface area contributed by atoms with Crippen LogP contribution in [-0.2, 0) is 23.9 Å². The van der Waals surface area contributed by atoms with E-state index in [1.807, 2.05) is 54.7 Å². The Bertz CT molecular complexity index is 1250. The van der Waals surface area contributed by atoms with Gasteiger partial charge in [-0.3, -0.25) is 4.79 Å². The first-order valence-electron chi connectivity index (χ1n) is 10.9. The smallest absolute Gasteiger partial charge is 0.361 e. The summed E-state index contributed by atoms with van der Waals surface area (Å²) < 4.78 is 40.2. The van der Waals surface area contributed by atoms with Gasteiger partial charge >= 0.3 is 6.18 Å². The maximum atomic E-state index is 13.4. The second-order valence-corrected chi connectivity index (χ2v) is 8.08. The van der Waals surface area contributed by atoms with Crippen LogP contribution in [0.5, 0.6) is 0 Å². The number of hydrogen-bond donors (Lipinski definition) is 2. The summed E-state index contributed by atoms with van der Waals surface area (Å²) in [5.74, 6) is -0.744. The van der Waals surface area contributed by atoms with E-state index in [0.717, 1.165) is 46.1 Å². The Labute approximate surface area is 190 Å². The first-order valence-corrected chi connectivity index (χ1v) is 10.9. The van der Waals surface area contributed by atoms with E-state index < -0.39 is 17.7 Å². The zero-order valence-corrected chi connectivity index (χ0v) is 18.2. The molecule has 1 atom stereocenters. The van der Waals surface area contributed by atoms with Crippen molar-refractivity contribution in [3.05, 3.63) is 107 Å². The van der Waals surface area contributed by atoms with Crippen molar-refractivity contribution in [1.29, 1.82) is 0 Å². The molecule has 0 spiro atoms. The molecular weight excluding hydrogens is 425 g/mol. The summed E-state index contributed by atoms with van der Waals surface area (Å²) in [6.07, 6.45) is -1.77. The molecular formula is C27H25F3N2O. The molecule has 33 heavy (non-hydrogen) atoms. The minimum Gasteiger partial charge on any atom is -0.361 e. The highest BCUT2D eigenvalue weighted by Crippen LogP contribution is 2.37. The number of amides is 1. The summed E-state index contributed by atoms with van der Waals surface area (Å²) in [6, 6.07) is 20.7. The minimum absolute atomic E-state index is 0.0391. The molecule has 0 aliphatic carbocycles. The molecule has 1 aromatic heterocycles. The van der Waals surface area contributed by atoms with Crippen molar-refractivity contribution in [3.63, 3.8) is 0 Å². The van der Waals surface area contributed by atoms with Gasteiger partial charge in [0.15, 0.2) is 0 Å². The largest absolute Gasteiger partial charge is 0.416 e. The fourth-order valence-electron chi connectivity index (χ4n) is 4.21. The number of rotatable bonds is 7. The number of aromatic amines is 1. The molecule has 4 aromatic rings. The van der Waals surface area contributed by atoms with Gasteiger partial charge in [-0.2, -0.15) is 13.2 Å². The number of para-hydroxylation sites is 1. The van der Waals surface area contributed by atoms with Gasteiger partial charge in [0.25, 0.3) is 0 Å². The lowest BCUT2D eigenvalue weighted by atomic mass is 9.86. The molecule has 6 heteroatoms. The van der Waals surface area contributed by atoms with Crippen LogP contribution in [0, 0.1) is 0 Å². The molecule has 1 amide bonds. The summed E-state index contributed by atoms with van der Waals surface area (Å²) in [7, 11) is 0. The van der Waals surface area contributed by atoms with E-state index in [0.29, 0.717) is 12.1 Å². The Hall–Kier alpha value is -3.54. The molecule has 3 nitrogen and oxygen atoms in total. The summed E-state index contributed by atoms with van der Waals surface area (Å²) in [4.78, 5) is 16.2. The van der Waals surface area contributed by atoms with E-state index in [9.17, 15) is 18.0 Å². The Morgan fingerprint density at radius 3 is 2.48 bits per heavy atom. The van der Waals surface area contributed by atoms with Crippen LogP contribution in [0.1, 0.15) is 47.1 Å². The van der Waals surface area contributed by atoms with Crippen LogP contribution >= 0.6 is 0 Å². The average molecular weight is 451 g/mol. The normalized spacial score (nSPS) is 12.6. The van der Waals surface area contributed by atoms with Crippen molar-refractivity contribution >= 4 is 16.8 Å². The summed E-state index contributed by atoms with van der Waals surface area (Å²) in [5, 5.41) is 3.83. The fourth-order valence-corrected chi connectivity index (χ4v) is 4.21. The number of halogens is 3. The summed E-state index contributed by atoms with van der Waals surface area (Å²) in [5.41, 5.74) is 3.59. The number of hydrogen-bond acceptors (Lipinski definition) is 1. The summed E-state index contributed by atoms with van der Waals surface area (Å²) in [6.45, 7) is 2.42. The SMILES string of the molecule is CCc1cccc2c(C(CC(=O)NCc3ccccc3)c3cccc(C(F)(F)F)c3)c[nH]c12. The second kappa shape index (κ2) is 9.53. The lowest BCUT2D eigenvalue weighted by Crippen LogP contribution is -2.25. The summed E-state index contributed by atoms with van der Waals surface area (Å²) >= 11 is 0. The van der Waals surface area contributed by atoms with E-state index in [1.54, 1.807) is 6.07 Å². The van der Waals surface area contributed by atoms with Crippen molar-refractivity contribution in [3.8, 4) is 0 Å². The number of carbonyl (C=O) groups is 1. The number of H-pyrrole nitrogens is 1. The van der Waals surface area contributed by atoms with Crippen molar-refractivity contribution in [2.24, 2.45) is 0 Å². The van der Waals surface area contributed by atoms with Crippen LogP contribution in [0.25, 0.3) is 10.9 Å². The van der Waals surface area contributed by atoms with Gasteiger partial charge in [0, 0.05) is 36.0 Å². The molecule has 1 heterocycles. The van der Waals surface area contributed by atoms with Gasteiger partial charge in [-0.15, -0.1) is 0 Å². The molecule has 3 aromatic carbocycles. The monoisotopic (exact) mass is 450 g/mol. The van der Waals surface area contributed by atoms with Gasteiger partial charge in [-0.05, 0) is 34.7 Å². The first kappa shape index (κ1) is 22.6. The molecule has 0 radical (unpaired) electrons. The van der Waals surface area contributed by atoms with Crippen LogP contribution in [0.15, 0.2) is 79.0 Å². The van der Waals surface area contributed by atoms with Gasteiger partial charge in [0.2, 0.25) is 5.91 Å². The van der Waals surface area contributed by atoms with Gasteiger partial charge in [-0.25, -0.2) is 0 Å². The third kappa shape index (κ3) is 5.11. The lowest BCUT2D eigenvalue weighted by molar-refractivity contribution is -0.137. The van der Waals surface area contributed by atoms with Gasteiger partial charge in [0.1, 0.15) is 0 Å². The topological polar surface area (TPSA) is 44.9 Å². The molecule has 1 unspecified atom stereocenters. The number of alkyl halides is 3. The van der Waals surface area contributed by atoms with Crippen molar-refractivity contribution < 1.29 is 18.0 Å². The number of carbonyl (C=O) groups excluding carboxylic acids is 1.